The zero-order valence-electron chi connectivity index (χ0n) is 9.36. The van der Waals surface area contributed by atoms with Crippen LogP contribution in [-0.4, -0.2) is 19.0 Å². The maximum atomic E-state index is 11.5. The lowest BCUT2D eigenvalue weighted by Crippen LogP contribution is -2.32. The van der Waals surface area contributed by atoms with E-state index >= 15 is 0 Å². The topological polar surface area (TPSA) is 55.1 Å². The van der Waals surface area contributed by atoms with Gasteiger partial charge in [-0.15, -0.1) is 0 Å². The molecule has 86 valence electrons. The molecule has 3 nitrogen and oxygen atoms in total. The second-order valence-electron chi connectivity index (χ2n) is 4.45. The number of nitrogens with two attached hydrogens (primary N) is 1. The van der Waals surface area contributed by atoms with Gasteiger partial charge in [0.2, 0.25) is 5.91 Å². The van der Waals surface area contributed by atoms with Crippen LogP contribution in [0.3, 0.4) is 0 Å². The fourth-order valence-electron chi connectivity index (χ4n) is 2.39. The molecule has 0 bridgehead atoms. The predicted octanol–water partition coefficient (Wildman–Crippen LogP) is 0.940. The van der Waals surface area contributed by atoms with E-state index in [0.717, 1.165) is 25.9 Å². The first kappa shape index (κ1) is 11.1. The molecule has 1 aliphatic rings. The molecule has 1 aliphatic heterocycles. The Kier molecular flexibility index (Phi) is 3.57. The third kappa shape index (κ3) is 2.61. The van der Waals surface area contributed by atoms with E-state index in [4.69, 9.17) is 5.73 Å². The second kappa shape index (κ2) is 5.12. The summed E-state index contributed by atoms with van der Waals surface area (Å²) in [6, 6.07) is 10.1. The number of amides is 1. The van der Waals surface area contributed by atoms with Crippen molar-refractivity contribution in [2.75, 3.05) is 13.1 Å². The molecule has 0 spiro atoms. The summed E-state index contributed by atoms with van der Waals surface area (Å²) in [6.45, 7) is 1.92. The Balaban J connectivity index is 2.05. The fraction of sp³-hybridized carbons (Fsp3) is 0.462. The lowest BCUT2D eigenvalue weighted by molar-refractivity contribution is -0.123. The Hall–Kier alpha value is -1.35. The van der Waals surface area contributed by atoms with E-state index < -0.39 is 0 Å². The number of carbonyl (C=O) groups is 1. The minimum Gasteiger partial charge on any atom is -0.369 e. The molecule has 3 heteroatoms. The normalized spacial score (nSPS) is 21.9. The fourth-order valence-corrected chi connectivity index (χ4v) is 2.39. The van der Waals surface area contributed by atoms with Gasteiger partial charge in [-0.25, -0.2) is 0 Å². The summed E-state index contributed by atoms with van der Waals surface area (Å²) in [5, 5.41) is 3.29. The number of nitrogens with one attached hydrogen (secondary N) is 1. The summed E-state index contributed by atoms with van der Waals surface area (Å²) in [5.41, 5.74) is 6.69. The number of carbonyl (C=O) groups excluding carboxylic acids is 1. The molecule has 0 aromatic heterocycles. The molecule has 0 saturated carbocycles. The Morgan fingerprint density at radius 1 is 1.44 bits per heavy atom. The lowest BCUT2D eigenvalue weighted by atomic mass is 9.85. The van der Waals surface area contributed by atoms with Crippen LogP contribution in [0.1, 0.15) is 12.0 Å². The van der Waals surface area contributed by atoms with E-state index in [1.54, 1.807) is 0 Å². The maximum absolute atomic E-state index is 11.5. The lowest BCUT2D eigenvalue weighted by Gasteiger charge is -2.19. The zero-order chi connectivity index (χ0) is 11.4. The van der Waals surface area contributed by atoms with E-state index in [9.17, 15) is 4.79 Å². The molecule has 2 rings (SSSR count). The number of rotatable bonds is 4. The van der Waals surface area contributed by atoms with Crippen LogP contribution < -0.4 is 11.1 Å². The molecular formula is C13H18N2O. The van der Waals surface area contributed by atoms with Crippen LogP contribution in [0.15, 0.2) is 30.3 Å². The van der Waals surface area contributed by atoms with Crippen molar-refractivity contribution in [3.05, 3.63) is 35.9 Å². The van der Waals surface area contributed by atoms with Crippen molar-refractivity contribution in [3.63, 3.8) is 0 Å². The highest BCUT2D eigenvalue weighted by Crippen LogP contribution is 2.22. The molecule has 1 amide bonds. The number of hydrogen-bond donors (Lipinski definition) is 2. The molecule has 1 heterocycles. The molecule has 0 radical (unpaired) electrons. The van der Waals surface area contributed by atoms with Gasteiger partial charge in [0.15, 0.2) is 0 Å². The molecule has 2 atom stereocenters. The Morgan fingerprint density at radius 3 is 2.75 bits per heavy atom. The molecule has 1 aromatic rings. The Labute approximate surface area is 96.0 Å². The molecule has 1 saturated heterocycles. The minimum absolute atomic E-state index is 0.0302. The Bertz CT molecular complexity index is 344. The van der Waals surface area contributed by atoms with Gasteiger partial charge >= 0.3 is 0 Å². The summed E-state index contributed by atoms with van der Waals surface area (Å²) in [6.07, 6.45) is 1.82. The van der Waals surface area contributed by atoms with Crippen molar-refractivity contribution in [1.82, 2.24) is 5.32 Å². The smallest absolute Gasteiger partial charge is 0.221 e. The van der Waals surface area contributed by atoms with Gasteiger partial charge < -0.3 is 11.1 Å². The molecule has 3 N–H and O–H groups in total. The van der Waals surface area contributed by atoms with Crippen LogP contribution in [0.2, 0.25) is 0 Å². The summed E-state index contributed by atoms with van der Waals surface area (Å²) in [5.74, 6) is 0.202. The van der Waals surface area contributed by atoms with Crippen molar-refractivity contribution in [2.24, 2.45) is 17.6 Å². The standard InChI is InChI=1S/C13H18N2O/c14-13(16)12(11-6-7-15-9-11)8-10-4-2-1-3-5-10/h1-5,11-12,15H,6-9H2,(H2,14,16)/t11-,12?/m1/s1. The molecule has 0 aliphatic carbocycles. The van der Waals surface area contributed by atoms with Crippen molar-refractivity contribution in [2.45, 2.75) is 12.8 Å². The SMILES string of the molecule is NC(=O)C(Cc1ccccc1)[C@@H]1CCNC1. The van der Waals surface area contributed by atoms with Crippen LogP contribution in [0.25, 0.3) is 0 Å². The first-order valence-corrected chi connectivity index (χ1v) is 5.81. The summed E-state index contributed by atoms with van der Waals surface area (Å²) < 4.78 is 0. The second-order valence-corrected chi connectivity index (χ2v) is 4.45. The highest BCUT2D eigenvalue weighted by Gasteiger charge is 2.28. The van der Waals surface area contributed by atoms with Crippen molar-refractivity contribution in [3.8, 4) is 0 Å². The average Bonchev–Trinajstić information content (AvgIpc) is 2.80. The molecule has 1 unspecified atom stereocenters. The molecule has 16 heavy (non-hydrogen) atoms. The minimum atomic E-state index is -0.169. The van der Waals surface area contributed by atoms with Crippen LogP contribution in [0.5, 0.6) is 0 Å². The number of primary amides is 1. The van der Waals surface area contributed by atoms with Gasteiger partial charge in [0.25, 0.3) is 0 Å². The summed E-state index contributed by atoms with van der Waals surface area (Å²) >= 11 is 0. The van der Waals surface area contributed by atoms with Crippen LogP contribution in [0, 0.1) is 11.8 Å². The van der Waals surface area contributed by atoms with Gasteiger partial charge in [-0.1, -0.05) is 30.3 Å². The van der Waals surface area contributed by atoms with Gasteiger partial charge in [0.05, 0.1) is 0 Å². The largest absolute Gasteiger partial charge is 0.369 e. The first-order chi connectivity index (χ1) is 7.77. The van der Waals surface area contributed by atoms with Crippen molar-refractivity contribution >= 4 is 5.91 Å². The van der Waals surface area contributed by atoms with E-state index in [1.807, 2.05) is 18.2 Å². The molecule has 1 fully saturated rings. The highest BCUT2D eigenvalue weighted by atomic mass is 16.1. The van der Waals surface area contributed by atoms with Crippen molar-refractivity contribution < 1.29 is 4.79 Å². The first-order valence-electron chi connectivity index (χ1n) is 5.81. The number of hydrogen-bond acceptors (Lipinski definition) is 2. The van der Waals surface area contributed by atoms with E-state index in [-0.39, 0.29) is 11.8 Å². The van der Waals surface area contributed by atoms with Crippen molar-refractivity contribution in [1.29, 1.82) is 0 Å². The third-order valence-electron chi connectivity index (χ3n) is 3.33. The molecular weight excluding hydrogens is 200 g/mol. The van der Waals surface area contributed by atoms with E-state index in [0.29, 0.717) is 5.92 Å². The zero-order valence-corrected chi connectivity index (χ0v) is 9.36. The number of benzene rings is 1. The maximum Gasteiger partial charge on any atom is 0.221 e. The average molecular weight is 218 g/mol. The van der Waals surface area contributed by atoms with E-state index in [1.165, 1.54) is 5.56 Å². The van der Waals surface area contributed by atoms with E-state index in [2.05, 4.69) is 17.4 Å². The van der Waals surface area contributed by atoms with Gasteiger partial charge in [-0.3, -0.25) is 4.79 Å². The van der Waals surface area contributed by atoms with Gasteiger partial charge in [-0.2, -0.15) is 0 Å². The third-order valence-corrected chi connectivity index (χ3v) is 3.33. The quantitative estimate of drug-likeness (QED) is 0.790. The summed E-state index contributed by atoms with van der Waals surface area (Å²) in [7, 11) is 0. The van der Waals surface area contributed by atoms with Gasteiger partial charge in [0, 0.05) is 5.92 Å². The van der Waals surface area contributed by atoms with Gasteiger partial charge in [-0.05, 0) is 37.4 Å². The summed E-state index contributed by atoms with van der Waals surface area (Å²) in [4.78, 5) is 11.5. The van der Waals surface area contributed by atoms with Crippen LogP contribution in [-0.2, 0) is 11.2 Å². The predicted molar refractivity (Wildman–Crippen MR) is 63.8 cm³/mol. The van der Waals surface area contributed by atoms with Crippen LogP contribution in [0.4, 0.5) is 0 Å². The van der Waals surface area contributed by atoms with Gasteiger partial charge in [0.1, 0.15) is 0 Å². The van der Waals surface area contributed by atoms with Crippen LogP contribution >= 0.6 is 0 Å². The Morgan fingerprint density at radius 2 is 2.19 bits per heavy atom. The monoisotopic (exact) mass is 218 g/mol. The molecule has 1 aromatic carbocycles. The highest BCUT2D eigenvalue weighted by molar-refractivity contribution is 5.77.